The van der Waals surface area contributed by atoms with E-state index in [-0.39, 0.29) is 44.2 Å². The molecule has 20 heteroatoms. The molecule has 374 valence electrons. The summed E-state index contributed by atoms with van der Waals surface area (Å²) in [6, 6.07) is 24.0. The summed E-state index contributed by atoms with van der Waals surface area (Å²) >= 11 is 18.4. The van der Waals surface area contributed by atoms with Crippen molar-refractivity contribution in [2.75, 3.05) is 20.3 Å². The molecular weight excluding hydrogens is 965 g/mol. The number of carbonyl (C=O) groups is 6. The first-order valence-electron chi connectivity index (χ1n) is 21.9. The second kappa shape index (κ2) is 25.8. The Bertz CT molecular complexity index is 2190. The molecule has 69 heavy (non-hydrogen) atoms. The van der Waals surface area contributed by atoms with E-state index in [1.165, 1.54) is 25.1 Å². The fraction of sp³-hybridized carbons (Fsp3) is 0.469. The van der Waals surface area contributed by atoms with E-state index in [9.17, 15) is 28.8 Å². The van der Waals surface area contributed by atoms with Crippen LogP contribution in [0.3, 0.4) is 0 Å². The first-order valence-corrected chi connectivity index (χ1v) is 23.0. The van der Waals surface area contributed by atoms with Crippen LogP contribution in [0.2, 0.25) is 0 Å². The molecule has 2 aliphatic heterocycles. The van der Waals surface area contributed by atoms with Gasteiger partial charge in [0.05, 0.1) is 50.9 Å². The van der Waals surface area contributed by atoms with Crippen molar-refractivity contribution in [2.24, 2.45) is 5.41 Å². The molecule has 1 amide bonds. The maximum absolute atomic E-state index is 13.9. The first-order chi connectivity index (χ1) is 32.8. The van der Waals surface area contributed by atoms with Crippen LogP contribution < -0.4 is 5.32 Å². The van der Waals surface area contributed by atoms with Gasteiger partial charge in [-0.15, -0.1) is 6.58 Å². The maximum Gasteiger partial charge on any atom is 0.338 e. The predicted molar refractivity (Wildman–Crippen MR) is 248 cm³/mol. The highest BCUT2D eigenvalue weighted by atomic mass is 35.6. The number of methoxy groups -OCH3 is 1. The largest absolute Gasteiger partial charge is 0.467 e. The Morgan fingerprint density at radius 1 is 0.710 bits per heavy atom. The Morgan fingerprint density at radius 3 is 1.88 bits per heavy atom. The quantitative estimate of drug-likeness (QED) is 0.0536. The van der Waals surface area contributed by atoms with Crippen molar-refractivity contribution < 1.29 is 76.1 Å². The van der Waals surface area contributed by atoms with E-state index in [2.05, 4.69) is 11.9 Å². The van der Waals surface area contributed by atoms with Crippen LogP contribution in [0.1, 0.15) is 62.0 Å². The van der Waals surface area contributed by atoms with E-state index in [0.29, 0.717) is 5.56 Å². The van der Waals surface area contributed by atoms with E-state index in [4.69, 9.17) is 82.2 Å². The summed E-state index contributed by atoms with van der Waals surface area (Å²) in [7, 11) is 1.09. The molecule has 1 N–H and O–H groups in total. The number of ether oxygens (including phenoxy) is 10. The summed E-state index contributed by atoms with van der Waals surface area (Å²) in [6.45, 7) is 9.19. The zero-order chi connectivity index (χ0) is 50.3. The molecule has 2 fully saturated rings. The van der Waals surface area contributed by atoms with Crippen LogP contribution in [-0.2, 0) is 84.6 Å². The highest BCUT2D eigenvalue weighted by Crippen LogP contribution is 2.37. The molecule has 3 aromatic carbocycles. The van der Waals surface area contributed by atoms with Gasteiger partial charge in [0, 0.05) is 6.42 Å². The Morgan fingerprint density at radius 2 is 1.32 bits per heavy atom. The number of hydrogen-bond donors (Lipinski definition) is 1. The van der Waals surface area contributed by atoms with Crippen molar-refractivity contribution in [3.63, 3.8) is 0 Å². The summed E-state index contributed by atoms with van der Waals surface area (Å²) in [5.74, 6) is -5.22. The fourth-order valence-corrected chi connectivity index (χ4v) is 7.21. The second-order valence-corrected chi connectivity index (χ2v) is 19.3. The van der Waals surface area contributed by atoms with Gasteiger partial charge in [-0.2, -0.15) is 0 Å². The van der Waals surface area contributed by atoms with Gasteiger partial charge in [-0.3, -0.25) is 14.4 Å². The number of ketones is 1. The number of benzene rings is 3. The molecule has 0 unspecified atom stereocenters. The lowest BCUT2D eigenvalue weighted by molar-refractivity contribution is -0.347. The van der Waals surface area contributed by atoms with Crippen LogP contribution in [0, 0.1) is 5.41 Å². The van der Waals surface area contributed by atoms with Gasteiger partial charge in [-0.1, -0.05) is 120 Å². The highest BCUT2D eigenvalue weighted by Gasteiger charge is 2.58. The van der Waals surface area contributed by atoms with Gasteiger partial charge in [0.1, 0.15) is 30.1 Å². The number of amides is 1. The zero-order valence-corrected chi connectivity index (χ0v) is 40.9. The molecule has 2 heterocycles. The number of rotatable bonds is 21. The van der Waals surface area contributed by atoms with Crippen LogP contribution in [-0.4, -0.2) is 121 Å². The smallest absolute Gasteiger partial charge is 0.338 e. The van der Waals surface area contributed by atoms with Crippen molar-refractivity contribution in [2.45, 2.75) is 119 Å². The van der Waals surface area contributed by atoms with Crippen LogP contribution in [0.25, 0.3) is 0 Å². The summed E-state index contributed by atoms with van der Waals surface area (Å²) < 4.78 is 59.1. The third kappa shape index (κ3) is 16.0. The molecule has 0 saturated carbocycles. The maximum atomic E-state index is 13.9. The lowest BCUT2D eigenvalue weighted by Gasteiger charge is -2.49. The predicted octanol–water partition coefficient (Wildman–Crippen LogP) is 6.32. The lowest BCUT2D eigenvalue weighted by atomic mass is 9.93. The Balaban J connectivity index is 1.69. The number of carbonyl (C=O) groups excluding carboxylic acids is 6. The molecule has 2 aliphatic rings. The Hall–Kier alpha value is -4.95. The van der Waals surface area contributed by atoms with Crippen molar-refractivity contribution in [3.8, 4) is 0 Å². The number of esters is 4. The summed E-state index contributed by atoms with van der Waals surface area (Å²) in [4.78, 5) is 81.2. The van der Waals surface area contributed by atoms with Gasteiger partial charge < -0.3 is 57.5 Å². The minimum atomic E-state index is -2.66. The molecule has 2 saturated heterocycles. The number of nitrogens with one attached hydrogen (secondary N) is 1. The molecule has 3 aromatic rings. The minimum Gasteiger partial charge on any atom is -0.467 e. The number of hydrogen-bond acceptors (Lipinski definition) is 16. The SMILES string of the molecule is C=CCO[C@@H]1O[C@H](C(=O)OC)[C@@H](O[C@@H]2O[C@H](COCc3ccccc3)[C@@H](OC(=O)c3ccccc3)[C@H](OC(=O)CCC(C)=O)[C@H]2NC(=O)C(Cl)(Cl)Cl)[C@H](OCc2ccccc2)[C@H]1OC(=O)C(C)(C)C. The van der Waals surface area contributed by atoms with Crippen molar-refractivity contribution in [3.05, 3.63) is 120 Å². The van der Waals surface area contributed by atoms with Crippen molar-refractivity contribution >= 4 is 70.4 Å². The topological polar surface area (TPSA) is 207 Å². The van der Waals surface area contributed by atoms with E-state index >= 15 is 0 Å². The van der Waals surface area contributed by atoms with E-state index in [1.54, 1.807) is 81.4 Å². The Labute approximate surface area is 415 Å². The minimum absolute atomic E-state index is 0.0191. The summed E-state index contributed by atoms with van der Waals surface area (Å²) in [5, 5.41) is 2.52. The highest BCUT2D eigenvalue weighted by molar-refractivity contribution is 6.76. The average Bonchev–Trinajstić information content (AvgIpc) is 3.32. The number of Topliss-reactive ketones (excluding diaryl/α,β-unsaturated/α-hetero) is 1. The van der Waals surface area contributed by atoms with Crippen LogP contribution in [0.5, 0.6) is 0 Å². The molecule has 17 nitrogen and oxygen atoms in total. The fourth-order valence-electron chi connectivity index (χ4n) is 7.04. The van der Waals surface area contributed by atoms with Gasteiger partial charge in [0.15, 0.2) is 37.0 Å². The van der Waals surface area contributed by atoms with E-state index < -0.39 is 107 Å². The average molecular weight is 1020 g/mol. The van der Waals surface area contributed by atoms with E-state index in [0.717, 1.165) is 12.7 Å². The summed E-state index contributed by atoms with van der Waals surface area (Å²) in [5.41, 5.74) is 0.410. The molecule has 10 atom stereocenters. The molecule has 0 aromatic heterocycles. The zero-order valence-electron chi connectivity index (χ0n) is 38.6. The number of halogens is 3. The molecule has 0 spiro atoms. The molecule has 0 aliphatic carbocycles. The van der Waals surface area contributed by atoms with Crippen molar-refractivity contribution in [1.29, 1.82) is 0 Å². The van der Waals surface area contributed by atoms with Gasteiger partial charge >= 0.3 is 23.9 Å². The lowest BCUT2D eigenvalue weighted by Crippen LogP contribution is -2.70. The first kappa shape index (κ1) is 55.0. The van der Waals surface area contributed by atoms with Gasteiger partial charge in [-0.25, -0.2) is 9.59 Å². The normalized spacial score (nSPS) is 24.8. The third-order valence-corrected chi connectivity index (χ3v) is 11.1. The Kier molecular flexibility index (Phi) is 20.5. The van der Waals surface area contributed by atoms with E-state index in [1.807, 2.05) is 18.2 Å². The van der Waals surface area contributed by atoms with Gasteiger partial charge in [-0.05, 0) is 51.0 Å². The standard InChI is InChI=1S/C49H56Cl3NO16/c1-7-25-62-45-41(69-47(59)48(3,4)5)38(63-27-31-19-13-9-14-20-31)39(40(68-45)43(57)60-6)67-44-35(53-46(58)49(50,51)52)37(65-34(55)24-23-29(2)54)36(66-42(56)32-21-15-10-16-22-32)33(64-44)28-61-26-30-17-11-8-12-18-30/h7-22,33,35-41,44-45H,1,23-28H2,2-6H3,(H,53,58)/t33-,35-,36-,37-,38+,39+,40+,41-,44+,45-/m1/s1. The number of alkyl halides is 3. The third-order valence-electron chi connectivity index (χ3n) is 10.5. The molecule has 0 radical (unpaired) electrons. The molecule has 0 bridgehead atoms. The van der Waals surface area contributed by atoms with Crippen LogP contribution >= 0.6 is 34.8 Å². The van der Waals surface area contributed by atoms with Crippen LogP contribution in [0.4, 0.5) is 0 Å². The molecular formula is C49H56Cl3NO16. The van der Waals surface area contributed by atoms with Gasteiger partial charge in [0.25, 0.3) is 9.70 Å². The van der Waals surface area contributed by atoms with Crippen molar-refractivity contribution in [1.82, 2.24) is 5.32 Å². The monoisotopic (exact) mass is 1020 g/mol. The summed E-state index contributed by atoms with van der Waals surface area (Å²) in [6.07, 6.45) is -13.9. The van der Waals surface area contributed by atoms with Crippen LogP contribution in [0.15, 0.2) is 104 Å². The second-order valence-electron chi connectivity index (χ2n) is 17.0. The molecule has 5 rings (SSSR count). The van der Waals surface area contributed by atoms with Gasteiger partial charge in [0.2, 0.25) is 0 Å².